The third-order valence-corrected chi connectivity index (χ3v) is 1.21. The molecule has 2 rings (SSSR count). The van der Waals surface area contributed by atoms with Crippen LogP contribution in [0.2, 0.25) is 0 Å². The van der Waals surface area contributed by atoms with Crippen LogP contribution in [0.15, 0.2) is 61.2 Å². The highest BCUT2D eigenvalue weighted by molar-refractivity contribution is 14.0. The number of hydrogen-bond acceptors (Lipinski definition) is 0. The molecule has 2 nitrogen and oxygen atoms in total. The second kappa shape index (κ2) is 15.5. The number of aromatic nitrogens is 2. The van der Waals surface area contributed by atoms with E-state index in [0.29, 0.717) is 0 Å². The molecule has 2 N–H and O–H groups in total. The van der Waals surface area contributed by atoms with Gasteiger partial charge in [0.15, 0.2) is 24.8 Å². The summed E-state index contributed by atoms with van der Waals surface area (Å²) in [5.74, 6) is 0. The predicted molar refractivity (Wildman–Crippen MR) is 81.8 cm³/mol. The minimum atomic E-state index is -6.00. The molecular formula is C10H13B2F8IN2. The molecule has 0 saturated carbocycles. The Morgan fingerprint density at radius 1 is 0.435 bits per heavy atom. The minimum absolute atomic E-state index is 0. The maximum absolute atomic E-state index is 9.75. The zero-order valence-electron chi connectivity index (χ0n) is 11.4. The third-order valence-electron chi connectivity index (χ3n) is 1.21. The Morgan fingerprint density at radius 3 is 0.652 bits per heavy atom. The van der Waals surface area contributed by atoms with Crippen LogP contribution in [0.5, 0.6) is 0 Å². The van der Waals surface area contributed by atoms with Gasteiger partial charge in [-0.05, 0) is 0 Å². The van der Waals surface area contributed by atoms with E-state index in [1.165, 1.54) is 0 Å². The summed E-state index contributed by atoms with van der Waals surface area (Å²) >= 11 is 0. The van der Waals surface area contributed by atoms with Gasteiger partial charge >= 0.3 is 14.5 Å². The molecule has 0 aromatic carbocycles. The quantitative estimate of drug-likeness (QED) is 0.319. The van der Waals surface area contributed by atoms with E-state index in [2.05, 4.69) is 9.97 Å². The fourth-order valence-corrected chi connectivity index (χ4v) is 0.684. The predicted octanol–water partition coefficient (Wildman–Crippen LogP) is 4.22. The normalized spacial score (nSPS) is 9.39. The molecule has 0 aliphatic rings. The number of H-pyrrole nitrogens is 2. The summed E-state index contributed by atoms with van der Waals surface area (Å²) in [5, 5.41) is 0. The fraction of sp³-hybridized carbons (Fsp3) is 0. The van der Waals surface area contributed by atoms with Crippen molar-refractivity contribution in [3.05, 3.63) is 61.2 Å². The van der Waals surface area contributed by atoms with E-state index in [-0.39, 0.29) is 24.0 Å². The van der Waals surface area contributed by atoms with Gasteiger partial charge in [0.2, 0.25) is 0 Å². The SMILES string of the molecule is F[B-](F)(F)F.F[B-](F)(F)F.I.c1cc[nH+]cc1.c1cc[nH+]cc1. The average Bonchev–Trinajstić information content (AvgIpc) is 2.40. The zero-order valence-corrected chi connectivity index (χ0v) is 13.7. The summed E-state index contributed by atoms with van der Waals surface area (Å²) in [6, 6.07) is 11.7. The maximum Gasteiger partial charge on any atom is 0.673 e. The number of aromatic amines is 2. The summed E-state index contributed by atoms with van der Waals surface area (Å²) in [6.07, 6.45) is 7.50. The molecule has 2 aromatic heterocycles. The Kier molecular flexibility index (Phi) is 17.8. The van der Waals surface area contributed by atoms with Crippen LogP contribution in [0, 0.1) is 0 Å². The molecule has 0 aliphatic carbocycles. The van der Waals surface area contributed by atoms with Gasteiger partial charge in [0.1, 0.15) is 0 Å². The molecule has 0 unspecified atom stereocenters. The van der Waals surface area contributed by atoms with Gasteiger partial charge < -0.3 is 34.5 Å². The van der Waals surface area contributed by atoms with Gasteiger partial charge in [-0.15, -0.1) is 24.0 Å². The van der Waals surface area contributed by atoms with Crippen molar-refractivity contribution in [3.8, 4) is 0 Å². The first kappa shape index (κ1) is 26.5. The zero-order chi connectivity index (χ0) is 17.5. The summed E-state index contributed by atoms with van der Waals surface area (Å²) in [6.45, 7) is 0. The molecule has 0 radical (unpaired) electrons. The summed E-state index contributed by atoms with van der Waals surface area (Å²) in [4.78, 5) is 5.78. The maximum atomic E-state index is 9.75. The van der Waals surface area contributed by atoms with Crippen molar-refractivity contribution in [2.75, 3.05) is 0 Å². The Balaban J connectivity index is -0.000000230. The van der Waals surface area contributed by atoms with E-state index in [9.17, 15) is 34.5 Å². The third kappa shape index (κ3) is 63.4. The topological polar surface area (TPSA) is 28.3 Å². The number of nitrogens with one attached hydrogen (secondary N) is 2. The lowest BCUT2D eigenvalue weighted by molar-refractivity contribution is -0.378. The first-order valence-corrected chi connectivity index (χ1v) is 5.57. The van der Waals surface area contributed by atoms with Crippen LogP contribution in [0.25, 0.3) is 0 Å². The van der Waals surface area contributed by atoms with Crippen LogP contribution in [0.1, 0.15) is 0 Å². The average molecular weight is 462 g/mol. The summed E-state index contributed by atoms with van der Waals surface area (Å²) < 4.78 is 78.0. The van der Waals surface area contributed by atoms with E-state index >= 15 is 0 Å². The number of rotatable bonds is 0. The molecule has 0 aliphatic heterocycles. The first-order valence-electron chi connectivity index (χ1n) is 5.57. The molecule has 2 aromatic rings. The van der Waals surface area contributed by atoms with E-state index in [1.54, 1.807) is 0 Å². The molecule has 23 heavy (non-hydrogen) atoms. The Bertz CT molecular complexity index is 335. The Hall–Kier alpha value is -1.40. The number of halogens is 9. The van der Waals surface area contributed by atoms with E-state index < -0.39 is 14.5 Å². The highest BCUT2D eigenvalue weighted by atomic mass is 127. The molecule has 13 heteroatoms. The molecule has 0 amide bonds. The van der Waals surface area contributed by atoms with Crippen molar-refractivity contribution in [2.45, 2.75) is 0 Å². The van der Waals surface area contributed by atoms with Crippen molar-refractivity contribution in [1.29, 1.82) is 0 Å². The van der Waals surface area contributed by atoms with Crippen LogP contribution in [-0.4, -0.2) is 14.5 Å². The molecule has 0 atom stereocenters. The Labute approximate surface area is 144 Å². The lowest BCUT2D eigenvalue weighted by Crippen LogP contribution is -2.02. The van der Waals surface area contributed by atoms with Gasteiger partial charge in [0.05, 0.1) is 0 Å². The van der Waals surface area contributed by atoms with Crippen molar-refractivity contribution in [3.63, 3.8) is 0 Å². The fourth-order valence-electron chi connectivity index (χ4n) is 0.684. The van der Waals surface area contributed by atoms with E-state index in [0.717, 1.165) is 0 Å². The van der Waals surface area contributed by atoms with Gasteiger partial charge in [-0.25, -0.2) is 9.97 Å². The summed E-state index contributed by atoms with van der Waals surface area (Å²) in [7, 11) is -12.0. The largest absolute Gasteiger partial charge is 0.673 e. The molecule has 0 spiro atoms. The molecule has 2 heterocycles. The van der Waals surface area contributed by atoms with Crippen molar-refractivity contribution >= 4 is 38.5 Å². The monoisotopic (exact) mass is 462 g/mol. The second-order valence-corrected chi connectivity index (χ2v) is 3.14. The summed E-state index contributed by atoms with van der Waals surface area (Å²) in [5.41, 5.74) is 0. The standard InChI is InChI=1S/2C5H5N.2BF4.HI/c2*1-2-4-6-5-3-1;2*2-1(3,4)5;/h2*1-5H;;;1H/q;;2*-1;/p+2. The van der Waals surface area contributed by atoms with Crippen LogP contribution in [0.4, 0.5) is 34.5 Å². The van der Waals surface area contributed by atoms with Gasteiger partial charge in [-0.3, -0.25) is 0 Å². The van der Waals surface area contributed by atoms with Crippen LogP contribution in [-0.2, 0) is 0 Å². The van der Waals surface area contributed by atoms with Crippen molar-refractivity contribution < 1.29 is 44.5 Å². The minimum Gasteiger partial charge on any atom is -0.418 e. The number of hydrogen-bond donors (Lipinski definition) is 0. The van der Waals surface area contributed by atoms with E-state index in [4.69, 9.17) is 0 Å². The molecule has 0 fully saturated rings. The van der Waals surface area contributed by atoms with Crippen LogP contribution >= 0.6 is 24.0 Å². The highest BCUT2D eigenvalue weighted by Gasteiger charge is 2.21. The molecular weight excluding hydrogens is 449 g/mol. The van der Waals surface area contributed by atoms with Gasteiger partial charge in [-0.2, -0.15) is 0 Å². The van der Waals surface area contributed by atoms with Crippen LogP contribution < -0.4 is 9.97 Å². The lowest BCUT2D eigenvalue weighted by atomic mass is 10.3. The smallest absolute Gasteiger partial charge is 0.418 e. The van der Waals surface area contributed by atoms with Crippen molar-refractivity contribution in [2.24, 2.45) is 0 Å². The highest BCUT2D eigenvalue weighted by Crippen LogP contribution is 2.07. The van der Waals surface area contributed by atoms with Crippen molar-refractivity contribution in [1.82, 2.24) is 0 Å². The molecule has 0 saturated heterocycles. The van der Waals surface area contributed by atoms with Crippen LogP contribution in [0.3, 0.4) is 0 Å². The Morgan fingerprint density at radius 2 is 0.609 bits per heavy atom. The van der Waals surface area contributed by atoms with Gasteiger partial charge in [-0.1, -0.05) is 12.1 Å². The first-order chi connectivity index (χ1) is 10.0. The lowest BCUT2D eigenvalue weighted by Gasteiger charge is -1.94. The molecule has 132 valence electrons. The second-order valence-electron chi connectivity index (χ2n) is 3.14. The van der Waals surface area contributed by atoms with Gasteiger partial charge in [0, 0.05) is 24.3 Å². The number of pyridine rings is 2. The molecule has 0 bridgehead atoms. The van der Waals surface area contributed by atoms with E-state index in [1.807, 2.05) is 61.2 Å². The van der Waals surface area contributed by atoms with Gasteiger partial charge in [0.25, 0.3) is 0 Å².